The van der Waals surface area contributed by atoms with Crippen molar-refractivity contribution in [2.75, 3.05) is 19.8 Å². The minimum atomic E-state index is -2.11. The van der Waals surface area contributed by atoms with E-state index in [0.717, 1.165) is 90.4 Å². The summed E-state index contributed by atoms with van der Waals surface area (Å²) in [6, 6.07) is 0. The highest BCUT2D eigenvalue weighted by Crippen LogP contribution is 2.26. The van der Waals surface area contributed by atoms with Gasteiger partial charge >= 0.3 is 23.9 Å². The van der Waals surface area contributed by atoms with Crippen LogP contribution in [0.25, 0.3) is 0 Å². The van der Waals surface area contributed by atoms with Crippen molar-refractivity contribution < 1.29 is 38.1 Å². The van der Waals surface area contributed by atoms with E-state index in [1.165, 1.54) is 12.8 Å². The third-order valence-corrected chi connectivity index (χ3v) is 6.82. The second-order valence-electron chi connectivity index (χ2n) is 10.8. The second-order valence-corrected chi connectivity index (χ2v) is 10.8. The molecule has 0 radical (unpaired) electrons. The van der Waals surface area contributed by atoms with Gasteiger partial charge in [-0.15, -0.1) is 0 Å². The molecule has 0 aromatic heterocycles. The molecule has 8 nitrogen and oxygen atoms in total. The molecule has 0 heterocycles. The van der Waals surface area contributed by atoms with Crippen LogP contribution in [-0.4, -0.2) is 49.3 Å². The lowest BCUT2D eigenvalue weighted by Gasteiger charge is -2.29. The van der Waals surface area contributed by atoms with Crippen LogP contribution < -0.4 is 0 Å². The third kappa shape index (κ3) is 20.7. The maximum atomic E-state index is 13.2. The van der Waals surface area contributed by atoms with Gasteiger partial charge in [-0.25, -0.2) is 4.79 Å². The fourth-order valence-electron chi connectivity index (χ4n) is 4.48. The first-order chi connectivity index (χ1) is 19.3. The summed E-state index contributed by atoms with van der Waals surface area (Å²) in [5, 5.41) is 0. The fourth-order valence-corrected chi connectivity index (χ4v) is 4.48. The molecule has 0 spiro atoms. The summed E-state index contributed by atoms with van der Waals surface area (Å²) >= 11 is 0. The number of carbonyl (C=O) groups is 4. The Kier molecular flexibility index (Phi) is 24.5. The molecule has 0 aromatic rings. The average molecular weight is 571 g/mol. The summed E-state index contributed by atoms with van der Waals surface area (Å²) in [4.78, 5) is 50.8. The van der Waals surface area contributed by atoms with Crippen LogP contribution >= 0.6 is 0 Å². The van der Waals surface area contributed by atoms with Gasteiger partial charge in [0.25, 0.3) is 0 Å². The number of esters is 4. The Morgan fingerprint density at radius 3 is 1.15 bits per heavy atom. The van der Waals surface area contributed by atoms with Gasteiger partial charge in [0.1, 0.15) is 0 Å². The molecular formula is C32H58O8. The molecule has 234 valence electrons. The summed E-state index contributed by atoms with van der Waals surface area (Å²) in [5.41, 5.74) is -2.11. The van der Waals surface area contributed by atoms with Crippen molar-refractivity contribution in [2.45, 2.75) is 162 Å². The predicted octanol–water partition coefficient (Wildman–Crippen LogP) is 7.78. The van der Waals surface area contributed by atoms with Gasteiger partial charge in [-0.1, -0.05) is 117 Å². The highest BCUT2D eigenvalue weighted by atomic mass is 16.6. The van der Waals surface area contributed by atoms with Gasteiger partial charge in [-0.3, -0.25) is 14.4 Å². The molecule has 0 saturated carbocycles. The number of carbonyl (C=O) groups excluding carboxylic acids is 4. The van der Waals surface area contributed by atoms with Gasteiger partial charge in [0, 0.05) is 6.92 Å². The minimum absolute atomic E-state index is 0.119. The van der Waals surface area contributed by atoms with E-state index in [4.69, 9.17) is 18.9 Å². The second kappa shape index (κ2) is 25.8. The first-order valence-corrected chi connectivity index (χ1v) is 16.0. The molecule has 0 bridgehead atoms. The zero-order chi connectivity index (χ0) is 29.9. The van der Waals surface area contributed by atoms with Crippen molar-refractivity contribution >= 4 is 23.9 Å². The van der Waals surface area contributed by atoms with Crippen LogP contribution in [0, 0.1) is 0 Å². The van der Waals surface area contributed by atoms with Crippen LogP contribution in [0.1, 0.15) is 156 Å². The topological polar surface area (TPSA) is 105 Å². The zero-order valence-electron chi connectivity index (χ0n) is 26.0. The summed E-state index contributed by atoms with van der Waals surface area (Å²) in [6.45, 7) is 8.12. The van der Waals surface area contributed by atoms with Crippen molar-refractivity contribution in [2.24, 2.45) is 0 Å². The third-order valence-electron chi connectivity index (χ3n) is 6.82. The van der Waals surface area contributed by atoms with E-state index in [1.54, 1.807) is 0 Å². The molecule has 0 aliphatic carbocycles. The highest BCUT2D eigenvalue weighted by Gasteiger charge is 2.48. The minimum Gasteiger partial charge on any atom is -0.466 e. The molecule has 0 aromatic carbocycles. The van der Waals surface area contributed by atoms with Gasteiger partial charge in [-0.2, -0.15) is 0 Å². The lowest BCUT2D eigenvalue weighted by molar-refractivity contribution is -0.190. The zero-order valence-corrected chi connectivity index (χ0v) is 26.0. The van der Waals surface area contributed by atoms with Crippen molar-refractivity contribution in [3.05, 3.63) is 0 Å². The largest absolute Gasteiger partial charge is 0.466 e. The lowest BCUT2D eigenvalue weighted by atomic mass is 9.95. The number of hydrogen-bond acceptors (Lipinski definition) is 8. The van der Waals surface area contributed by atoms with Crippen LogP contribution in [0.5, 0.6) is 0 Å². The lowest BCUT2D eigenvalue weighted by Crippen LogP contribution is -2.48. The van der Waals surface area contributed by atoms with Crippen molar-refractivity contribution in [3.8, 4) is 0 Å². The Balaban J connectivity index is 5.15. The average Bonchev–Trinajstić information content (AvgIpc) is 2.91. The number of hydrogen-bond donors (Lipinski definition) is 0. The smallest absolute Gasteiger partial charge is 0.351 e. The van der Waals surface area contributed by atoms with Gasteiger partial charge in [0.15, 0.2) is 0 Å². The van der Waals surface area contributed by atoms with Crippen LogP contribution in [0.4, 0.5) is 0 Å². The Morgan fingerprint density at radius 1 is 0.475 bits per heavy atom. The van der Waals surface area contributed by atoms with E-state index in [1.807, 2.05) is 0 Å². The van der Waals surface area contributed by atoms with Gasteiger partial charge in [-0.05, 0) is 19.3 Å². The molecule has 0 atom stereocenters. The maximum Gasteiger partial charge on any atom is 0.351 e. The molecule has 0 N–H and O–H groups in total. The van der Waals surface area contributed by atoms with E-state index in [9.17, 15) is 19.2 Å². The quantitative estimate of drug-likeness (QED) is 0.0560. The highest BCUT2D eigenvalue weighted by molar-refractivity contribution is 5.92. The van der Waals surface area contributed by atoms with E-state index < -0.39 is 42.3 Å². The molecule has 0 rings (SSSR count). The van der Waals surface area contributed by atoms with Gasteiger partial charge < -0.3 is 18.9 Å². The van der Waals surface area contributed by atoms with E-state index >= 15 is 0 Å². The molecule has 40 heavy (non-hydrogen) atoms. The molecule has 0 aliphatic heterocycles. The van der Waals surface area contributed by atoms with Crippen molar-refractivity contribution in [1.29, 1.82) is 0 Å². The van der Waals surface area contributed by atoms with Crippen LogP contribution in [-0.2, 0) is 38.1 Å². The Morgan fingerprint density at radius 2 is 0.800 bits per heavy atom. The molecule has 8 heteroatoms. The molecule has 0 aliphatic rings. The number of ether oxygens (including phenoxy) is 4. The summed E-state index contributed by atoms with van der Waals surface area (Å²) < 4.78 is 21.5. The molecular weight excluding hydrogens is 512 g/mol. The van der Waals surface area contributed by atoms with Gasteiger partial charge in [0.2, 0.25) is 5.60 Å². The van der Waals surface area contributed by atoms with Crippen molar-refractivity contribution in [3.63, 3.8) is 0 Å². The Hall–Kier alpha value is -2.12. The van der Waals surface area contributed by atoms with Gasteiger partial charge in [0.05, 0.1) is 32.7 Å². The molecule has 0 saturated heterocycles. The summed E-state index contributed by atoms with van der Waals surface area (Å²) in [7, 11) is 0. The molecule has 0 amide bonds. The van der Waals surface area contributed by atoms with E-state index in [0.29, 0.717) is 19.3 Å². The monoisotopic (exact) mass is 570 g/mol. The first kappa shape index (κ1) is 37.9. The summed E-state index contributed by atoms with van der Waals surface area (Å²) in [5.74, 6) is -3.13. The van der Waals surface area contributed by atoms with E-state index in [-0.39, 0.29) is 19.8 Å². The first-order valence-electron chi connectivity index (χ1n) is 16.0. The number of unbranched alkanes of at least 4 members (excludes halogenated alkanes) is 15. The Bertz CT molecular complexity index is 644. The molecule has 0 fully saturated rings. The van der Waals surface area contributed by atoms with Crippen molar-refractivity contribution in [1.82, 2.24) is 0 Å². The normalized spacial score (nSPS) is 11.2. The maximum absolute atomic E-state index is 13.2. The number of rotatable bonds is 27. The fraction of sp³-hybridized carbons (Fsp3) is 0.875. The van der Waals surface area contributed by atoms with Crippen LogP contribution in [0.3, 0.4) is 0 Å². The standard InChI is InChI=1S/C32H58O8/c1-5-8-11-14-17-20-23-37-29(34)26-32(40-28(4)33,31(36)39-25-22-19-16-13-10-7-3)27-30(35)38-24-21-18-15-12-9-6-2/h5-27H2,1-4H3. The predicted molar refractivity (Wildman–Crippen MR) is 157 cm³/mol. The van der Waals surface area contributed by atoms with Crippen LogP contribution in [0.15, 0.2) is 0 Å². The summed E-state index contributed by atoms with van der Waals surface area (Å²) in [6.07, 6.45) is 17.2. The molecule has 0 unspecified atom stereocenters. The van der Waals surface area contributed by atoms with Crippen LogP contribution in [0.2, 0.25) is 0 Å². The Labute approximate surface area is 243 Å². The SMILES string of the molecule is CCCCCCCCOC(=O)CC(CC(=O)OCCCCCCCC)(OC(C)=O)C(=O)OCCCCCCCC. The van der Waals surface area contributed by atoms with E-state index in [2.05, 4.69) is 20.8 Å².